The van der Waals surface area contributed by atoms with Gasteiger partial charge in [0, 0.05) is 25.7 Å². The van der Waals surface area contributed by atoms with Crippen molar-refractivity contribution in [2.75, 3.05) is 19.6 Å². The molecule has 0 spiro atoms. The van der Waals surface area contributed by atoms with Crippen LogP contribution in [-0.4, -0.2) is 49.8 Å². The second-order valence-electron chi connectivity index (χ2n) is 6.07. The minimum Gasteiger partial charge on any atom is -0.490 e. The monoisotopic (exact) mass is 343 g/mol. The summed E-state index contributed by atoms with van der Waals surface area (Å²) in [4.78, 5) is 0. The first kappa shape index (κ1) is 16.6. The number of piperidine rings is 1. The van der Waals surface area contributed by atoms with E-state index in [1.165, 1.54) is 12.1 Å². The van der Waals surface area contributed by atoms with Crippen molar-refractivity contribution >= 4 is 10.0 Å². The van der Waals surface area contributed by atoms with E-state index in [4.69, 9.17) is 4.74 Å². The second-order valence-corrected chi connectivity index (χ2v) is 8.22. The zero-order chi connectivity index (χ0) is 16.4. The molecule has 2 atom stereocenters. The van der Waals surface area contributed by atoms with Crippen LogP contribution < -0.4 is 15.6 Å². The van der Waals surface area contributed by atoms with E-state index in [0.717, 1.165) is 0 Å². The summed E-state index contributed by atoms with van der Waals surface area (Å²) in [6, 6.07) is 5.80. The molecule has 2 aliphatic heterocycles. The normalized spacial score (nSPS) is 27.2. The SMILES string of the molecule is CC1NNCC1S(=O)(=O)N1CCC(Oc2ccc(F)cc2)CC1. The number of hydrogen-bond donors (Lipinski definition) is 2. The van der Waals surface area contributed by atoms with Gasteiger partial charge in [0.25, 0.3) is 0 Å². The van der Waals surface area contributed by atoms with Gasteiger partial charge >= 0.3 is 0 Å². The number of ether oxygens (including phenoxy) is 1. The van der Waals surface area contributed by atoms with Crippen LogP contribution in [0.4, 0.5) is 4.39 Å². The minimum atomic E-state index is -3.31. The summed E-state index contributed by atoms with van der Waals surface area (Å²) in [6.45, 7) is 3.21. The molecule has 0 aliphatic carbocycles. The molecule has 2 saturated heterocycles. The van der Waals surface area contributed by atoms with E-state index >= 15 is 0 Å². The van der Waals surface area contributed by atoms with Crippen LogP contribution in [0.5, 0.6) is 5.75 Å². The molecule has 0 amide bonds. The molecular formula is C15H22FN3O3S. The lowest BCUT2D eigenvalue weighted by atomic mass is 10.1. The largest absolute Gasteiger partial charge is 0.490 e. The van der Waals surface area contributed by atoms with Crippen molar-refractivity contribution in [1.82, 2.24) is 15.2 Å². The Morgan fingerprint density at radius 3 is 2.43 bits per heavy atom. The molecule has 0 bridgehead atoms. The minimum absolute atomic E-state index is 0.0378. The summed E-state index contributed by atoms with van der Waals surface area (Å²) in [5.41, 5.74) is 5.85. The fraction of sp³-hybridized carbons (Fsp3) is 0.600. The molecule has 6 nitrogen and oxygen atoms in total. The standard InChI is InChI=1S/C15H22FN3O3S/c1-11-15(10-17-18-11)23(20,21)19-8-6-14(7-9-19)22-13-4-2-12(16)3-5-13/h2-5,11,14-15,17-18H,6-10H2,1H3. The van der Waals surface area contributed by atoms with Crippen molar-refractivity contribution in [3.8, 4) is 5.75 Å². The molecule has 128 valence electrons. The maximum Gasteiger partial charge on any atom is 0.219 e. The van der Waals surface area contributed by atoms with Gasteiger partial charge in [0.15, 0.2) is 0 Å². The summed E-state index contributed by atoms with van der Waals surface area (Å²) in [7, 11) is -3.31. The van der Waals surface area contributed by atoms with E-state index in [-0.39, 0.29) is 18.0 Å². The van der Waals surface area contributed by atoms with Gasteiger partial charge in [-0.25, -0.2) is 17.1 Å². The van der Waals surface area contributed by atoms with E-state index in [2.05, 4.69) is 10.9 Å². The number of rotatable bonds is 4. The Morgan fingerprint density at radius 2 is 1.87 bits per heavy atom. The third kappa shape index (κ3) is 3.65. The van der Waals surface area contributed by atoms with Crippen LogP contribution in [0.2, 0.25) is 0 Å². The van der Waals surface area contributed by atoms with Gasteiger partial charge < -0.3 is 4.74 Å². The molecule has 2 aliphatic rings. The molecule has 0 saturated carbocycles. The summed E-state index contributed by atoms with van der Waals surface area (Å²) in [6.07, 6.45) is 1.24. The summed E-state index contributed by atoms with van der Waals surface area (Å²) >= 11 is 0. The second kappa shape index (κ2) is 6.72. The Morgan fingerprint density at radius 1 is 1.22 bits per heavy atom. The number of halogens is 1. The van der Waals surface area contributed by atoms with Gasteiger partial charge in [-0.05, 0) is 44.0 Å². The van der Waals surface area contributed by atoms with E-state index in [9.17, 15) is 12.8 Å². The third-order valence-corrected chi connectivity index (χ3v) is 6.88. The van der Waals surface area contributed by atoms with Crippen molar-refractivity contribution in [3.05, 3.63) is 30.1 Å². The van der Waals surface area contributed by atoms with Gasteiger partial charge in [0.05, 0.1) is 0 Å². The van der Waals surface area contributed by atoms with Crippen molar-refractivity contribution in [2.24, 2.45) is 0 Å². The van der Waals surface area contributed by atoms with Crippen LogP contribution in [0.1, 0.15) is 19.8 Å². The summed E-state index contributed by atoms with van der Waals surface area (Å²) < 4.78 is 45.6. The zero-order valence-corrected chi connectivity index (χ0v) is 13.9. The molecule has 3 rings (SSSR count). The van der Waals surface area contributed by atoms with Crippen molar-refractivity contribution in [2.45, 2.75) is 37.2 Å². The lowest BCUT2D eigenvalue weighted by Crippen LogP contribution is -2.48. The molecule has 0 aromatic heterocycles. The van der Waals surface area contributed by atoms with E-state index in [0.29, 0.717) is 38.2 Å². The highest BCUT2D eigenvalue weighted by molar-refractivity contribution is 7.89. The highest BCUT2D eigenvalue weighted by Crippen LogP contribution is 2.23. The van der Waals surface area contributed by atoms with Crippen molar-refractivity contribution < 1.29 is 17.5 Å². The first-order chi connectivity index (χ1) is 11.0. The van der Waals surface area contributed by atoms with Crippen LogP contribution in [0.25, 0.3) is 0 Å². The molecule has 2 unspecified atom stereocenters. The number of sulfonamides is 1. The average Bonchev–Trinajstić information content (AvgIpc) is 2.97. The van der Waals surface area contributed by atoms with Gasteiger partial charge in [-0.2, -0.15) is 0 Å². The summed E-state index contributed by atoms with van der Waals surface area (Å²) in [5, 5.41) is -0.433. The molecular weight excluding hydrogens is 321 g/mol. The predicted octanol–water partition coefficient (Wildman–Crippen LogP) is 0.864. The zero-order valence-electron chi connectivity index (χ0n) is 13.0. The van der Waals surface area contributed by atoms with Crippen molar-refractivity contribution in [3.63, 3.8) is 0 Å². The number of hydrogen-bond acceptors (Lipinski definition) is 5. The maximum absolute atomic E-state index is 12.9. The quantitative estimate of drug-likeness (QED) is 0.849. The van der Waals surface area contributed by atoms with Crippen LogP contribution >= 0.6 is 0 Å². The fourth-order valence-corrected chi connectivity index (χ4v) is 5.04. The van der Waals surface area contributed by atoms with Gasteiger partial charge in [-0.3, -0.25) is 10.9 Å². The topological polar surface area (TPSA) is 70.7 Å². The Hall–Kier alpha value is -1.22. The molecule has 8 heteroatoms. The molecule has 1 aromatic carbocycles. The van der Waals surface area contributed by atoms with Crippen LogP contribution in [0, 0.1) is 5.82 Å². The number of hydrazine groups is 1. The van der Waals surface area contributed by atoms with Gasteiger partial charge in [-0.1, -0.05) is 0 Å². The van der Waals surface area contributed by atoms with E-state index < -0.39 is 15.3 Å². The first-order valence-electron chi connectivity index (χ1n) is 7.86. The van der Waals surface area contributed by atoms with Crippen LogP contribution in [-0.2, 0) is 10.0 Å². The van der Waals surface area contributed by atoms with Gasteiger partial charge in [0.2, 0.25) is 10.0 Å². The van der Waals surface area contributed by atoms with Crippen LogP contribution in [0.15, 0.2) is 24.3 Å². The molecule has 23 heavy (non-hydrogen) atoms. The lowest BCUT2D eigenvalue weighted by molar-refractivity contribution is 0.134. The lowest BCUT2D eigenvalue weighted by Gasteiger charge is -2.33. The summed E-state index contributed by atoms with van der Waals surface area (Å²) in [5.74, 6) is 0.316. The predicted molar refractivity (Wildman–Crippen MR) is 84.9 cm³/mol. The van der Waals surface area contributed by atoms with Crippen LogP contribution in [0.3, 0.4) is 0 Å². The average molecular weight is 343 g/mol. The Labute approximate surface area is 136 Å². The highest BCUT2D eigenvalue weighted by Gasteiger charge is 2.40. The Bertz CT molecular complexity index is 630. The van der Waals surface area contributed by atoms with Gasteiger partial charge in [0.1, 0.15) is 22.9 Å². The maximum atomic E-state index is 12.9. The van der Waals surface area contributed by atoms with Gasteiger partial charge in [-0.15, -0.1) is 0 Å². The van der Waals surface area contributed by atoms with E-state index in [1.807, 2.05) is 6.92 Å². The smallest absolute Gasteiger partial charge is 0.219 e. The number of nitrogens with one attached hydrogen (secondary N) is 2. The third-order valence-electron chi connectivity index (χ3n) is 4.45. The highest BCUT2D eigenvalue weighted by atomic mass is 32.2. The molecule has 2 heterocycles. The molecule has 1 aromatic rings. The Kier molecular flexibility index (Phi) is 4.86. The molecule has 0 radical (unpaired) electrons. The molecule has 2 fully saturated rings. The number of benzene rings is 1. The number of nitrogens with zero attached hydrogens (tertiary/aromatic N) is 1. The molecule has 2 N–H and O–H groups in total. The fourth-order valence-electron chi connectivity index (χ4n) is 3.06. The van der Waals surface area contributed by atoms with Crippen molar-refractivity contribution in [1.29, 1.82) is 0 Å². The van der Waals surface area contributed by atoms with E-state index in [1.54, 1.807) is 16.4 Å². The Balaban J connectivity index is 1.56. The first-order valence-corrected chi connectivity index (χ1v) is 9.37.